The van der Waals surface area contributed by atoms with Gasteiger partial charge in [0.15, 0.2) is 5.78 Å². The van der Waals surface area contributed by atoms with Crippen molar-refractivity contribution in [3.63, 3.8) is 0 Å². The first-order valence-electron chi connectivity index (χ1n) is 7.30. The molecule has 1 aliphatic rings. The fourth-order valence-electron chi connectivity index (χ4n) is 2.51. The number of rotatable bonds is 4. The normalized spacial score (nSPS) is 18.8. The van der Waals surface area contributed by atoms with Gasteiger partial charge in [-0.2, -0.15) is 0 Å². The number of nitrogens with one attached hydrogen (secondary N) is 1. The van der Waals surface area contributed by atoms with Gasteiger partial charge in [0.2, 0.25) is 5.91 Å². The quantitative estimate of drug-likeness (QED) is 0.890. The third-order valence-electron chi connectivity index (χ3n) is 3.89. The van der Waals surface area contributed by atoms with Gasteiger partial charge in [-0.3, -0.25) is 9.59 Å². The van der Waals surface area contributed by atoms with Gasteiger partial charge < -0.3 is 10.4 Å². The van der Waals surface area contributed by atoms with E-state index in [0.29, 0.717) is 18.5 Å². The Balaban J connectivity index is 2.02. The lowest BCUT2D eigenvalue weighted by molar-refractivity contribution is -0.120. The Morgan fingerprint density at radius 1 is 1.29 bits per heavy atom. The second-order valence-corrected chi connectivity index (χ2v) is 5.62. The minimum absolute atomic E-state index is 0.0605. The maximum atomic E-state index is 12.0. The number of aryl methyl sites for hydroxylation is 1. The Bertz CT molecular complexity index is 572. The molecule has 4 nitrogen and oxygen atoms in total. The van der Waals surface area contributed by atoms with Gasteiger partial charge in [0.25, 0.3) is 0 Å². The van der Waals surface area contributed by atoms with Gasteiger partial charge in [-0.1, -0.05) is 31.0 Å². The van der Waals surface area contributed by atoms with Crippen LogP contribution in [0.25, 0.3) is 0 Å². The molecule has 0 saturated heterocycles. The molecule has 4 heteroatoms. The average Bonchev–Trinajstić information content (AvgIpc) is 2.45. The predicted molar refractivity (Wildman–Crippen MR) is 82.1 cm³/mol. The highest BCUT2D eigenvalue weighted by molar-refractivity contribution is 6.04. The largest absolute Gasteiger partial charge is 0.512 e. The minimum Gasteiger partial charge on any atom is -0.512 e. The van der Waals surface area contributed by atoms with E-state index in [1.165, 1.54) is 0 Å². The lowest BCUT2D eigenvalue weighted by Gasteiger charge is -2.22. The first-order chi connectivity index (χ1) is 9.99. The molecular weight excluding hydrogens is 266 g/mol. The summed E-state index contributed by atoms with van der Waals surface area (Å²) in [4.78, 5) is 24.0. The molecule has 0 heterocycles. The third kappa shape index (κ3) is 3.94. The molecule has 0 fully saturated rings. The number of carbonyl (C=O) groups excluding carboxylic acids is 2. The highest BCUT2D eigenvalue weighted by Crippen LogP contribution is 2.29. The van der Waals surface area contributed by atoms with Crippen molar-refractivity contribution in [3.05, 3.63) is 41.2 Å². The number of aliphatic hydroxyl groups excluding tert-OH is 1. The molecule has 1 aromatic carbocycles. The number of hydrogen-bond donors (Lipinski definition) is 2. The van der Waals surface area contributed by atoms with Crippen molar-refractivity contribution in [2.24, 2.45) is 5.92 Å². The van der Waals surface area contributed by atoms with Crippen molar-refractivity contribution in [1.82, 2.24) is 0 Å². The summed E-state index contributed by atoms with van der Waals surface area (Å²) >= 11 is 0. The Kier molecular flexibility index (Phi) is 4.78. The number of benzene rings is 1. The van der Waals surface area contributed by atoms with Crippen LogP contribution in [0.3, 0.4) is 0 Å². The van der Waals surface area contributed by atoms with Crippen molar-refractivity contribution in [2.75, 3.05) is 5.32 Å². The summed E-state index contributed by atoms with van der Waals surface area (Å²) in [5.41, 5.74) is 2.08. The smallest absolute Gasteiger partial charge is 0.229 e. The van der Waals surface area contributed by atoms with Crippen molar-refractivity contribution in [1.29, 1.82) is 0 Å². The van der Waals surface area contributed by atoms with E-state index in [0.717, 1.165) is 12.0 Å². The van der Waals surface area contributed by atoms with Crippen molar-refractivity contribution in [3.8, 4) is 0 Å². The van der Waals surface area contributed by atoms with Crippen LogP contribution in [0.4, 0.5) is 5.69 Å². The Labute approximate surface area is 124 Å². The van der Waals surface area contributed by atoms with E-state index in [1.807, 2.05) is 38.1 Å². The lowest BCUT2D eigenvalue weighted by atomic mass is 9.84. The summed E-state index contributed by atoms with van der Waals surface area (Å²) in [6.45, 7) is 3.97. The summed E-state index contributed by atoms with van der Waals surface area (Å²) in [6, 6.07) is 7.45. The molecule has 0 bridgehead atoms. The standard InChI is InChI=1S/C17H21NO3/c1-3-12-8-15(19)14(16(20)9-12)10-17(21)18-13-6-4-11(2)5-7-13/h4-7,12,19H,3,8-10H2,1-2H3,(H,18,21). The summed E-state index contributed by atoms with van der Waals surface area (Å²) in [6.07, 6.45) is 1.72. The second-order valence-electron chi connectivity index (χ2n) is 5.62. The van der Waals surface area contributed by atoms with Crippen LogP contribution in [0.15, 0.2) is 35.6 Å². The number of hydrogen-bond acceptors (Lipinski definition) is 3. The Morgan fingerprint density at radius 3 is 2.52 bits per heavy atom. The van der Waals surface area contributed by atoms with Crippen LogP contribution in [-0.4, -0.2) is 16.8 Å². The van der Waals surface area contributed by atoms with E-state index in [1.54, 1.807) is 0 Å². The van der Waals surface area contributed by atoms with Crippen LogP contribution >= 0.6 is 0 Å². The van der Waals surface area contributed by atoms with Crippen LogP contribution in [0, 0.1) is 12.8 Å². The van der Waals surface area contributed by atoms with E-state index >= 15 is 0 Å². The first kappa shape index (κ1) is 15.3. The molecule has 1 amide bonds. The molecule has 2 N–H and O–H groups in total. The molecule has 112 valence electrons. The van der Waals surface area contributed by atoms with Crippen molar-refractivity contribution < 1.29 is 14.7 Å². The van der Waals surface area contributed by atoms with Crippen LogP contribution < -0.4 is 5.32 Å². The van der Waals surface area contributed by atoms with Gasteiger partial charge in [-0.15, -0.1) is 0 Å². The number of carbonyl (C=O) groups is 2. The molecule has 0 saturated carbocycles. The van der Waals surface area contributed by atoms with E-state index in [9.17, 15) is 14.7 Å². The molecule has 1 aromatic rings. The third-order valence-corrected chi connectivity index (χ3v) is 3.89. The lowest BCUT2D eigenvalue weighted by Crippen LogP contribution is -2.23. The topological polar surface area (TPSA) is 66.4 Å². The zero-order chi connectivity index (χ0) is 15.4. The first-order valence-corrected chi connectivity index (χ1v) is 7.30. The number of amides is 1. The molecule has 1 atom stereocenters. The van der Waals surface area contributed by atoms with E-state index in [4.69, 9.17) is 0 Å². The molecule has 21 heavy (non-hydrogen) atoms. The number of Topliss-reactive ketones (excluding diaryl/α,β-unsaturated/α-hetero) is 1. The second kappa shape index (κ2) is 6.57. The SMILES string of the molecule is CCC1CC(=O)C(CC(=O)Nc2ccc(C)cc2)=C(O)C1. The van der Waals surface area contributed by atoms with Gasteiger partial charge in [-0.25, -0.2) is 0 Å². The summed E-state index contributed by atoms with van der Waals surface area (Å²) < 4.78 is 0. The van der Waals surface area contributed by atoms with Gasteiger partial charge in [0.05, 0.1) is 12.2 Å². The minimum atomic E-state index is -0.274. The molecule has 0 aromatic heterocycles. The molecule has 1 unspecified atom stereocenters. The van der Waals surface area contributed by atoms with E-state index in [2.05, 4.69) is 5.32 Å². The fourth-order valence-corrected chi connectivity index (χ4v) is 2.51. The maximum absolute atomic E-state index is 12.0. The average molecular weight is 287 g/mol. The van der Waals surface area contributed by atoms with E-state index in [-0.39, 0.29) is 35.4 Å². The molecule has 1 aliphatic carbocycles. The summed E-state index contributed by atoms with van der Waals surface area (Å²) in [5, 5.41) is 12.7. The molecule has 0 spiro atoms. The molecule has 0 radical (unpaired) electrons. The van der Waals surface area contributed by atoms with Crippen LogP contribution in [0.2, 0.25) is 0 Å². The zero-order valence-electron chi connectivity index (χ0n) is 12.5. The maximum Gasteiger partial charge on any atom is 0.229 e. The Morgan fingerprint density at radius 2 is 1.95 bits per heavy atom. The fraction of sp³-hybridized carbons (Fsp3) is 0.412. The zero-order valence-corrected chi connectivity index (χ0v) is 12.5. The highest BCUT2D eigenvalue weighted by Gasteiger charge is 2.27. The summed E-state index contributed by atoms with van der Waals surface area (Å²) in [5.74, 6) is -0.105. The number of aliphatic hydroxyl groups is 1. The van der Waals surface area contributed by atoms with Crippen LogP contribution in [-0.2, 0) is 9.59 Å². The van der Waals surface area contributed by atoms with Gasteiger partial charge in [0, 0.05) is 24.1 Å². The highest BCUT2D eigenvalue weighted by atomic mass is 16.3. The van der Waals surface area contributed by atoms with E-state index < -0.39 is 0 Å². The monoisotopic (exact) mass is 287 g/mol. The van der Waals surface area contributed by atoms with Gasteiger partial charge in [-0.05, 0) is 25.0 Å². The van der Waals surface area contributed by atoms with Crippen LogP contribution in [0.1, 0.15) is 38.2 Å². The van der Waals surface area contributed by atoms with Gasteiger partial charge >= 0.3 is 0 Å². The van der Waals surface area contributed by atoms with Crippen molar-refractivity contribution >= 4 is 17.4 Å². The Hall–Kier alpha value is -2.10. The summed E-state index contributed by atoms with van der Waals surface area (Å²) in [7, 11) is 0. The van der Waals surface area contributed by atoms with Crippen LogP contribution in [0.5, 0.6) is 0 Å². The molecule has 0 aliphatic heterocycles. The molecule has 2 rings (SSSR count). The number of allylic oxidation sites excluding steroid dienone is 1. The van der Waals surface area contributed by atoms with Crippen molar-refractivity contribution in [2.45, 2.75) is 39.5 Å². The van der Waals surface area contributed by atoms with Gasteiger partial charge in [0.1, 0.15) is 0 Å². The molecular formula is C17H21NO3. The number of ketones is 1. The predicted octanol–water partition coefficient (Wildman–Crippen LogP) is 3.52. The number of anilines is 1.